The van der Waals surface area contributed by atoms with Crippen LogP contribution in [0.3, 0.4) is 0 Å². The van der Waals surface area contributed by atoms with Gasteiger partial charge in [-0.3, -0.25) is 9.59 Å². The minimum atomic E-state index is -0.579. The molecule has 1 amide bonds. The Balaban J connectivity index is 1.44. The molecule has 29 heavy (non-hydrogen) atoms. The van der Waals surface area contributed by atoms with Crippen molar-refractivity contribution in [3.63, 3.8) is 0 Å². The summed E-state index contributed by atoms with van der Waals surface area (Å²) in [6, 6.07) is 11.4. The molecule has 0 aliphatic rings. The van der Waals surface area contributed by atoms with Crippen molar-refractivity contribution in [3.05, 3.63) is 71.0 Å². The van der Waals surface area contributed by atoms with Crippen LogP contribution in [0.1, 0.15) is 17.9 Å². The summed E-state index contributed by atoms with van der Waals surface area (Å²) in [6.07, 6.45) is 1.86. The van der Waals surface area contributed by atoms with Gasteiger partial charge in [-0.15, -0.1) is 0 Å². The molecule has 0 saturated carbocycles. The molecule has 0 bridgehead atoms. The molecule has 0 spiro atoms. The number of hydrogen-bond donors (Lipinski definition) is 1. The Morgan fingerprint density at radius 3 is 2.69 bits per heavy atom. The topological polar surface area (TPSA) is 81.4 Å². The predicted molar refractivity (Wildman–Crippen MR) is 106 cm³/mol. The summed E-state index contributed by atoms with van der Waals surface area (Å²) in [4.78, 5) is 27.8. The van der Waals surface area contributed by atoms with Gasteiger partial charge in [-0.05, 0) is 25.1 Å². The fourth-order valence-electron chi connectivity index (χ4n) is 2.48. The number of carbonyl (C=O) groups is 2. The monoisotopic (exact) mass is 416 g/mol. The number of hydrogen-bond acceptors (Lipinski definition) is 5. The Kier molecular flexibility index (Phi) is 6.61. The molecule has 3 aromatic rings. The van der Waals surface area contributed by atoms with E-state index in [9.17, 15) is 14.0 Å². The number of nitrogens with zero attached hydrogens (tertiary/aromatic N) is 1. The van der Waals surface area contributed by atoms with E-state index in [1.807, 2.05) is 31.2 Å². The Hall–Kier alpha value is -3.19. The van der Waals surface area contributed by atoms with E-state index in [-0.39, 0.29) is 23.6 Å². The average Bonchev–Trinajstić information content (AvgIpc) is 3.16. The number of rotatable bonds is 7. The van der Waals surface area contributed by atoms with Gasteiger partial charge in [0.05, 0.1) is 23.3 Å². The van der Waals surface area contributed by atoms with Gasteiger partial charge in [0.15, 0.2) is 18.3 Å². The molecule has 1 N–H and O–H groups in total. The van der Waals surface area contributed by atoms with Crippen molar-refractivity contribution in [1.29, 1.82) is 0 Å². The number of aromatic nitrogens is 1. The Morgan fingerprint density at radius 1 is 1.21 bits per heavy atom. The van der Waals surface area contributed by atoms with Crippen LogP contribution in [0.25, 0.3) is 11.3 Å². The van der Waals surface area contributed by atoms with Gasteiger partial charge >= 0.3 is 5.97 Å². The van der Waals surface area contributed by atoms with Crippen molar-refractivity contribution in [2.24, 2.45) is 0 Å². The molecule has 0 radical (unpaired) electrons. The van der Waals surface area contributed by atoms with Crippen LogP contribution in [0, 0.1) is 12.7 Å². The van der Waals surface area contributed by atoms with E-state index in [0.717, 1.165) is 23.3 Å². The molecule has 6 nitrogen and oxygen atoms in total. The number of ether oxygens (including phenoxy) is 1. The molecule has 1 aromatic heterocycles. The Labute approximate surface area is 171 Å². The highest BCUT2D eigenvalue weighted by Crippen LogP contribution is 2.23. The van der Waals surface area contributed by atoms with Crippen LogP contribution < -0.4 is 5.32 Å². The van der Waals surface area contributed by atoms with Crippen LogP contribution >= 0.6 is 11.6 Å². The lowest BCUT2D eigenvalue weighted by molar-refractivity contribution is -0.147. The SMILES string of the molecule is Cc1ccc(-c2cnc(CCC(=O)OCC(=O)Nc3ccc(F)cc3Cl)o2)cc1. The van der Waals surface area contributed by atoms with Crippen molar-refractivity contribution in [2.75, 3.05) is 11.9 Å². The third kappa shape index (κ3) is 5.89. The molecule has 0 aliphatic carbocycles. The summed E-state index contributed by atoms with van der Waals surface area (Å²) < 4.78 is 23.6. The average molecular weight is 417 g/mol. The molecule has 0 fully saturated rings. The number of benzene rings is 2. The number of aryl methyl sites for hydroxylation is 2. The minimum absolute atomic E-state index is 0.0123. The summed E-state index contributed by atoms with van der Waals surface area (Å²) in [6.45, 7) is 1.52. The zero-order chi connectivity index (χ0) is 20.8. The van der Waals surface area contributed by atoms with Crippen molar-refractivity contribution < 1.29 is 23.1 Å². The predicted octanol–water partition coefficient (Wildman–Crippen LogP) is 4.56. The van der Waals surface area contributed by atoms with E-state index in [1.165, 1.54) is 6.07 Å². The maximum absolute atomic E-state index is 13.0. The van der Waals surface area contributed by atoms with Crippen LogP contribution in [0.5, 0.6) is 0 Å². The second-order valence-electron chi connectivity index (χ2n) is 6.32. The van der Waals surface area contributed by atoms with Crippen molar-refractivity contribution in [2.45, 2.75) is 19.8 Å². The first-order chi connectivity index (χ1) is 13.9. The van der Waals surface area contributed by atoms with E-state index >= 15 is 0 Å². The first-order valence-electron chi connectivity index (χ1n) is 8.83. The number of oxazole rings is 1. The molecular weight excluding hydrogens is 399 g/mol. The molecule has 1 heterocycles. The van der Waals surface area contributed by atoms with Gasteiger partial charge in [0.1, 0.15) is 5.82 Å². The Bertz CT molecular complexity index is 1020. The zero-order valence-corrected chi connectivity index (χ0v) is 16.3. The molecule has 0 saturated heterocycles. The van der Waals surface area contributed by atoms with Gasteiger partial charge in [0.2, 0.25) is 0 Å². The molecule has 2 aromatic carbocycles. The highest BCUT2D eigenvalue weighted by atomic mass is 35.5. The van der Waals surface area contributed by atoms with E-state index in [4.69, 9.17) is 20.8 Å². The summed E-state index contributed by atoms with van der Waals surface area (Å²) in [5.41, 5.74) is 2.27. The van der Waals surface area contributed by atoms with Gasteiger partial charge in [-0.25, -0.2) is 9.37 Å². The van der Waals surface area contributed by atoms with Gasteiger partial charge in [0, 0.05) is 12.0 Å². The van der Waals surface area contributed by atoms with Gasteiger partial charge in [-0.1, -0.05) is 41.4 Å². The lowest BCUT2D eigenvalue weighted by Crippen LogP contribution is -2.21. The van der Waals surface area contributed by atoms with Crippen LogP contribution in [0.2, 0.25) is 5.02 Å². The maximum atomic E-state index is 13.0. The molecular formula is C21H18ClFN2O4. The van der Waals surface area contributed by atoms with Crippen LogP contribution in [0.4, 0.5) is 10.1 Å². The van der Waals surface area contributed by atoms with Crippen LogP contribution in [-0.4, -0.2) is 23.5 Å². The summed E-state index contributed by atoms with van der Waals surface area (Å²) in [5.74, 6) is -0.648. The van der Waals surface area contributed by atoms with E-state index in [1.54, 1.807) is 6.20 Å². The number of amides is 1. The minimum Gasteiger partial charge on any atom is -0.456 e. The first kappa shape index (κ1) is 20.5. The molecule has 150 valence electrons. The van der Waals surface area contributed by atoms with Gasteiger partial charge in [-0.2, -0.15) is 0 Å². The third-order valence-electron chi connectivity index (χ3n) is 4.00. The van der Waals surface area contributed by atoms with E-state index in [2.05, 4.69) is 10.3 Å². The normalized spacial score (nSPS) is 10.6. The van der Waals surface area contributed by atoms with Crippen molar-refractivity contribution >= 4 is 29.2 Å². The van der Waals surface area contributed by atoms with Crippen molar-refractivity contribution in [3.8, 4) is 11.3 Å². The molecule has 0 aliphatic heterocycles. The quantitative estimate of drug-likeness (QED) is 0.571. The molecule has 0 atom stereocenters. The maximum Gasteiger partial charge on any atom is 0.306 e. The lowest BCUT2D eigenvalue weighted by atomic mass is 10.1. The fourth-order valence-corrected chi connectivity index (χ4v) is 2.70. The molecule has 3 rings (SSSR count). The number of nitrogens with one attached hydrogen (secondary N) is 1. The fraction of sp³-hybridized carbons (Fsp3) is 0.190. The van der Waals surface area contributed by atoms with Gasteiger partial charge < -0.3 is 14.5 Å². The number of anilines is 1. The smallest absolute Gasteiger partial charge is 0.306 e. The highest BCUT2D eigenvalue weighted by molar-refractivity contribution is 6.33. The van der Waals surface area contributed by atoms with Crippen LogP contribution in [0.15, 0.2) is 53.1 Å². The van der Waals surface area contributed by atoms with Gasteiger partial charge in [0.25, 0.3) is 5.91 Å². The van der Waals surface area contributed by atoms with E-state index in [0.29, 0.717) is 11.7 Å². The highest BCUT2D eigenvalue weighted by Gasteiger charge is 2.12. The zero-order valence-electron chi connectivity index (χ0n) is 15.6. The number of halogens is 2. The van der Waals surface area contributed by atoms with E-state index < -0.39 is 24.3 Å². The number of esters is 1. The molecule has 0 unspecified atom stereocenters. The lowest BCUT2D eigenvalue weighted by Gasteiger charge is -2.08. The Morgan fingerprint density at radius 2 is 1.97 bits per heavy atom. The summed E-state index contributed by atoms with van der Waals surface area (Å²) >= 11 is 5.83. The largest absolute Gasteiger partial charge is 0.456 e. The van der Waals surface area contributed by atoms with Crippen LogP contribution in [-0.2, 0) is 20.7 Å². The number of carbonyl (C=O) groups excluding carboxylic acids is 2. The summed E-state index contributed by atoms with van der Waals surface area (Å²) in [7, 11) is 0. The second-order valence-corrected chi connectivity index (χ2v) is 6.72. The molecule has 8 heteroatoms. The summed E-state index contributed by atoms with van der Waals surface area (Å²) in [5, 5.41) is 2.50. The standard InChI is InChI=1S/C21H18ClFN2O4/c1-13-2-4-14(5-3-13)18-11-24-20(29-18)8-9-21(27)28-12-19(26)25-17-7-6-15(23)10-16(17)22/h2-7,10-11H,8-9,12H2,1H3,(H,25,26). The third-order valence-corrected chi connectivity index (χ3v) is 4.31. The second kappa shape index (κ2) is 9.34. The first-order valence-corrected chi connectivity index (χ1v) is 9.21. The van der Waals surface area contributed by atoms with Crippen molar-refractivity contribution in [1.82, 2.24) is 4.98 Å².